The first-order chi connectivity index (χ1) is 9.60. The van der Waals surface area contributed by atoms with Crippen LogP contribution in [0, 0.1) is 5.41 Å². The van der Waals surface area contributed by atoms with E-state index in [-0.39, 0.29) is 11.4 Å². The van der Waals surface area contributed by atoms with Gasteiger partial charge in [-0.1, -0.05) is 56.1 Å². The largest absolute Gasteiger partial charge is 0.389 e. The SMILES string of the molecule is CCCC1(CCC)CC(c2ccc(C(=N)N)cc2)=NO1. The summed E-state index contributed by atoms with van der Waals surface area (Å²) in [5.74, 6) is 0.0903. The third-order valence-electron chi connectivity index (χ3n) is 3.78. The second-order valence-electron chi connectivity index (χ2n) is 5.48. The first-order valence-corrected chi connectivity index (χ1v) is 7.30. The van der Waals surface area contributed by atoms with Gasteiger partial charge in [-0.15, -0.1) is 0 Å². The van der Waals surface area contributed by atoms with Crippen molar-refractivity contribution >= 4 is 11.5 Å². The fraction of sp³-hybridized carbons (Fsp3) is 0.500. The molecular formula is C16H23N3O. The molecule has 1 aromatic carbocycles. The maximum absolute atomic E-state index is 7.41. The van der Waals surface area contributed by atoms with Gasteiger partial charge in [0.25, 0.3) is 0 Å². The number of hydrogen-bond acceptors (Lipinski definition) is 3. The second kappa shape index (κ2) is 6.07. The van der Waals surface area contributed by atoms with Crippen LogP contribution in [0.1, 0.15) is 57.1 Å². The minimum absolute atomic E-state index is 0.0903. The van der Waals surface area contributed by atoms with Crippen LogP contribution in [0.4, 0.5) is 0 Å². The molecule has 0 saturated carbocycles. The van der Waals surface area contributed by atoms with Gasteiger partial charge in [-0.2, -0.15) is 0 Å². The van der Waals surface area contributed by atoms with Crippen LogP contribution >= 0.6 is 0 Å². The molecule has 0 unspecified atom stereocenters. The van der Waals surface area contributed by atoms with Crippen molar-refractivity contribution in [2.75, 3.05) is 0 Å². The Morgan fingerprint density at radius 2 is 1.85 bits per heavy atom. The van der Waals surface area contributed by atoms with Gasteiger partial charge in [0.1, 0.15) is 11.4 Å². The summed E-state index contributed by atoms with van der Waals surface area (Å²) in [5, 5.41) is 11.7. The summed E-state index contributed by atoms with van der Waals surface area (Å²) in [7, 11) is 0. The zero-order chi connectivity index (χ0) is 14.6. The lowest BCUT2D eigenvalue weighted by Crippen LogP contribution is -2.28. The van der Waals surface area contributed by atoms with Crippen molar-refractivity contribution in [3.8, 4) is 0 Å². The van der Waals surface area contributed by atoms with Gasteiger partial charge in [-0.25, -0.2) is 0 Å². The predicted molar refractivity (Wildman–Crippen MR) is 82.2 cm³/mol. The van der Waals surface area contributed by atoms with Gasteiger partial charge in [0.2, 0.25) is 0 Å². The number of benzene rings is 1. The highest BCUT2D eigenvalue weighted by molar-refractivity contribution is 6.03. The summed E-state index contributed by atoms with van der Waals surface area (Å²) in [5.41, 5.74) is 8.15. The van der Waals surface area contributed by atoms with Gasteiger partial charge < -0.3 is 10.6 Å². The summed E-state index contributed by atoms with van der Waals surface area (Å²) in [6.07, 6.45) is 5.16. The zero-order valence-electron chi connectivity index (χ0n) is 12.3. The molecule has 0 atom stereocenters. The van der Waals surface area contributed by atoms with E-state index in [2.05, 4.69) is 19.0 Å². The molecule has 108 valence electrons. The lowest BCUT2D eigenvalue weighted by atomic mass is 9.86. The van der Waals surface area contributed by atoms with Crippen LogP contribution in [-0.4, -0.2) is 17.1 Å². The molecule has 0 radical (unpaired) electrons. The van der Waals surface area contributed by atoms with Crippen LogP contribution in [0.15, 0.2) is 29.4 Å². The molecule has 0 fully saturated rings. The van der Waals surface area contributed by atoms with Crippen LogP contribution in [-0.2, 0) is 4.84 Å². The first-order valence-electron chi connectivity index (χ1n) is 7.30. The van der Waals surface area contributed by atoms with Gasteiger partial charge in [0.15, 0.2) is 0 Å². The molecule has 0 saturated heterocycles. The Hall–Kier alpha value is -1.84. The Morgan fingerprint density at radius 1 is 1.25 bits per heavy atom. The van der Waals surface area contributed by atoms with Crippen molar-refractivity contribution in [3.05, 3.63) is 35.4 Å². The average Bonchev–Trinajstić information content (AvgIpc) is 2.84. The molecule has 0 amide bonds. The van der Waals surface area contributed by atoms with E-state index in [0.717, 1.165) is 48.9 Å². The monoisotopic (exact) mass is 273 g/mol. The summed E-state index contributed by atoms with van der Waals surface area (Å²) >= 11 is 0. The van der Waals surface area contributed by atoms with E-state index in [1.807, 2.05) is 24.3 Å². The standard InChI is InChI=1S/C16H23N3O/c1-3-9-16(10-4-2)11-14(19-20-16)12-5-7-13(8-6-12)15(17)18/h5-8H,3-4,9-11H2,1-2H3,(H3,17,18). The average molecular weight is 273 g/mol. The van der Waals surface area contributed by atoms with Gasteiger partial charge in [0, 0.05) is 12.0 Å². The molecule has 0 spiro atoms. The van der Waals surface area contributed by atoms with Crippen LogP contribution in [0.3, 0.4) is 0 Å². The van der Waals surface area contributed by atoms with Crippen molar-refractivity contribution in [2.24, 2.45) is 10.9 Å². The molecule has 3 N–H and O–H groups in total. The van der Waals surface area contributed by atoms with Crippen molar-refractivity contribution < 1.29 is 4.84 Å². The summed E-state index contributed by atoms with van der Waals surface area (Å²) in [4.78, 5) is 5.79. The molecule has 1 heterocycles. The zero-order valence-corrected chi connectivity index (χ0v) is 12.3. The third kappa shape index (κ3) is 3.00. The second-order valence-corrected chi connectivity index (χ2v) is 5.48. The van der Waals surface area contributed by atoms with E-state index < -0.39 is 0 Å². The van der Waals surface area contributed by atoms with Crippen LogP contribution in [0.25, 0.3) is 0 Å². The third-order valence-corrected chi connectivity index (χ3v) is 3.78. The molecule has 1 aromatic rings. The van der Waals surface area contributed by atoms with E-state index in [1.165, 1.54) is 0 Å². The van der Waals surface area contributed by atoms with Crippen LogP contribution in [0.5, 0.6) is 0 Å². The molecule has 2 rings (SSSR count). The Bertz CT molecular complexity index is 499. The maximum atomic E-state index is 7.41. The van der Waals surface area contributed by atoms with Crippen molar-refractivity contribution in [1.29, 1.82) is 5.41 Å². The van der Waals surface area contributed by atoms with Crippen molar-refractivity contribution in [3.63, 3.8) is 0 Å². The summed E-state index contributed by atoms with van der Waals surface area (Å²) in [6, 6.07) is 7.65. The normalized spacial score (nSPS) is 16.6. The number of nitrogens with two attached hydrogens (primary N) is 1. The molecule has 1 aliphatic rings. The number of nitrogen functional groups attached to an aromatic ring is 1. The summed E-state index contributed by atoms with van der Waals surface area (Å²) in [6.45, 7) is 4.36. The Labute approximate surface area is 120 Å². The van der Waals surface area contributed by atoms with Gasteiger partial charge in [-0.05, 0) is 18.4 Å². The van der Waals surface area contributed by atoms with Crippen molar-refractivity contribution in [1.82, 2.24) is 0 Å². The maximum Gasteiger partial charge on any atom is 0.143 e. The number of nitrogens with zero attached hydrogens (tertiary/aromatic N) is 1. The van der Waals surface area contributed by atoms with E-state index in [9.17, 15) is 0 Å². The molecule has 1 aliphatic heterocycles. The van der Waals surface area contributed by atoms with Crippen LogP contribution < -0.4 is 5.73 Å². The minimum Gasteiger partial charge on any atom is -0.389 e. The molecule has 0 bridgehead atoms. The Balaban J connectivity index is 2.13. The minimum atomic E-state index is -0.113. The topological polar surface area (TPSA) is 71.5 Å². The number of rotatable bonds is 6. The Morgan fingerprint density at radius 3 is 2.35 bits per heavy atom. The van der Waals surface area contributed by atoms with E-state index in [4.69, 9.17) is 16.0 Å². The number of amidine groups is 1. The summed E-state index contributed by atoms with van der Waals surface area (Å²) < 4.78 is 0. The van der Waals surface area contributed by atoms with E-state index >= 15 is 0 Å². The van der Waals surface area contributed by atoms with Gasteiger partial charge in [0.05, 0.1) is 5.71 Å². The number of hydrogen-bond donors (Lipinski definition) is 2. The first kappa shape index (κ1) is 14.6. The molecule has 4 nitrogen and oxygen atoms in total. The van der Waals surface area contributed by atoms with E-state index in [1.54, 1.807) is 0 Å². The number of oxime groups is 1. The lowest BCUT2D eigenvalue weighted by Gasteiger charge is -2.25. The van der Waals surface area contributed by atoms with Gasteiger partial charge >= 0.3 is 0 Å². The highest BCUT2D eigenvalue weighted by Gasteiger charge is 2.37. The number of nitrogens with one attached hydrogen (secondary N) is 1. The van der Waals surface area contributed by atoms with Gasteiger partial charge in [-0.3, -0.25) is 5.41 Å². The molecular weight excluding hydrogens is 250 g/mol. The smallest absolute Gasteiger partial charge is 0.143 e. The molecule has 0 aliphatic carbocycles. The molecule has 20 heavy (non-hydrogen) atoms. The highest BCUT2D eigenvalue weighted by atomic mass is 16.7. The molecule has 0 aromatic heterocycles. The fourth-order valence-corrected chi connectivity index (χ4v) is 2.82. The lowest BCUT2D eigenvalue weighted by molar-refractivity contribution is -0.0324. The quantitative estimate of drug-likeness (QED) is 0.615. The highest BCUT2D eigenvalue weighted by Crippen LogP contribution is 2.35. The van der Waals surface area contributed by atoms with E-state index in [0.29, 0.717) is 0 Å². The predicted octanol–water partition coefficient (Wildman–Crippen LogP) is 3.43. The van der Waals surface area contributed by atoms with Crippen LogP contribution in [0.2, 0.25) is 0 Å². The van der Waals surface area contributed by atoms with Crippen molar-refractivity contribution in [2.45, 2.75) is 51.6 Å². The fourth-order valence-electron chi connectivity index (χ4n) is 2.82. The molecule has 4 heteroatoms. The Kier molecular flexibility index (Phi) is 4.42.